The quantitative estimate of drug-likeness (QED) is 0.632. The fourth-order valence-electron chi connectivity index (χ4n) is 2.61. The lowest BCUT2D eigenvalue weighted by Gasteiger charge is -2.07. The van der Waals surface area contributed by atoms with Gasteiger partial charge in [0.05, 0.1) is 26.0 Å². The zero-order valence-corrected chi connectivity index (χ0v) is 15.1. The Morgan fingerprint density at radius 2 is 1.88 bits per heavy atom. The zero-order chi connectivity index (χ0) is 18.4. The third-order valence-electron chi connectivity index (χ3n) is 3.99. The fourth-order valence-corrected chi connectivity index (χ4v) is 2.61. The van der Waals surface area contributed by atoms with Gasteiger partial charge in [0, 0.05) is 18.8 Å². The van der Waals surface area contributed by atoms with Gasteiger partial charge in [-0.15, -0.1) is 0 Å². The Labute approximate surface area is 152 Å². The molecule has 2 aromatic heterocycles. The molecule has 3 aromatic rings. The molecule has 0 aliphatic carbocycles. The molecule has 3 rings (SSSR count). The summed E-state index contributed by atoms with van der Waals surface area (Å²) >= 11 is 0. The fraction of sp³-hybridized carbons (Fsp3) is 0.300. The first-order valence-electron chi connectivity index (χ1n) is 8.62. The van der Waals surface area contributed by atoms with Gasteiger partial charge >= 0.3 is 0 Å². The maximum absolute atomic E-state index is 12.0. The number of rotatable bonds is 8. The Balaban J connectivity index is 1.38. The SMILES string of the molecule is COc1ccc(OCCCC(=O)NCc2cn3cc(C)ccc3n2)cc1. The molecule has 0 aliphatic rings. The van der Waals surface area contributed by atoms with Crippen molar-refractivity contribution in [3.8, 4) is 11.5 Å². The number of fused-ring (bicyclic) bond motifs is 1. The van der Waals surface area contributed by atoms with Gasteiger partial charge in [0.1, 0.15) is 17.1 Å². The number of nitrogens with zero attached hydrogens (tertiary/aromatic N) is 2. The monoisotopic (exact) mass is 353 g/mol. The van der Waals surface area contributed by atoms with Crippen LogP contribution in [0.3, 0.4) is 0 Å². The lowest BCUT2D eigenvalue weighted by molar-refractivity contribution is -0.121. The van der Waals surface area contributed by atoms with Crippen LogP contribution in [-0.2, 0) is 11.3 Å². The average Bonchev–Trinajstić information content (AvgIpc) is 3.06. The van der Waals surface area contributed by atoms with Gasteiger partial charge in [-0.05, 0) is 49.2 Å². The van der Waals surface area contributed by atoms with Crippen molar-refractivity contribution in [1.29, 1.82) is 0 Å². The number of methoxy groups -OCH3 is 1. The summed E-state index contributed by atoms with van der Waals surface area (Å²) < 4.78 is 12.7. The zero-order valence-electron chi connectivity index (χ0n) is 15.1. The van der Waals surface area contributed by atoms with Crippen LogP contribution in [0, 0.1) is 6.92 Å². The van der Waals surface area contributed by atoms with Crippen LogP contribution in [0.1, 0.15) is 24.1 Å². The highest BCUT2D eigenvalue weighted by molar-refractivity contribution is 5.75. The van der Waals surface area contributed by atoms with E-state index in [1.165, 1.54) is 5.56 Å². The number of carbonyl (C=O) groups excluding carboxylic acids is 1. The maximum atomic E-state index is 12.0. The van der Waals surface area contributed by atoms with E-state index in [4.69, 9.17) is 9.47 Å². The number of nitrogens with one attached hydrogen (secondary N) is 1. The molecule has 0 aliphatic heterocycles. The number of ether oxygens (including phenoxy) is 2. The Morgan fingerprint density at radius 1 is 1.12 bits per heavy atom. The molecule has 26 heavy (non-hydrogen) atoms. The first kappa shape index (κ1) is 17.8. The Bertz CT molecular complexity index is 872. The van der Waals surface area contributed by atoms with Crippen LogP contribution < -0.4 is 14.8 Å². The van der Waals surface area contributed by atoms with Gasteiger partial charge < -0.3 is 19.2 Å². The number of imidazole rings is 1. The number of benzene rings is 1. The van der Waals surface area contributed by atoms with Crippen LogP contribution >= 0.6 is 0 Å². The predicted molar refractivity (Wildman–Crippen MR) is 99.5 cm³/mol. The summed E-state index contributed by atoms with van der Waals surface area (Å²) in [6, 6.07) is 11.4. The predicted octanol–water partition coefficient (Wildman–Crippen LogP) is 3.13. The molecular weight excluding hydrogens is 330 g/mol. The van der Waals surface area contributed by atoms with Crippen molar-refractivity contribution in [2.24, 2.45) is 0 Å². The van der Waals surface area contributed by atoms with E-state index in [1.54, 1.807) is 7.11 Å². The van der Waals surface area contributed by atoms with Crippen molar-refractivity contribution >= 4 is 11.6 Å². The topological polar surface area (TPSA) is 64.9 Å². The standard InChI is InChI=1S/C20H23N3O3/c1-15-5-10-19-22-16(14-23(19)13-15)12-21-20(24)4-3-11-26-18-8-6-17(25-2)7-9-18/h5-10,13-14H,3-4,11-12H2,1-2H3,(H,21,24). The maximum Gasteiger partial charge on any atom is 0.220 e. The van der Waals surface area contributed by atoms with Crippen LogP contribution in [0.15, 0.2) is 48.8 Å². The van der Waals surface area contributed by atoms with Crippen LogP contribution in [0.4, 0.5) is 0 Å². The molecule has 0 spiro atoms. The molecule has 0 saturated carbocycles. The normalized spacial score (nSPS) is 10.7. The number of carbonyl (C=O) groups is 1. The summed E-state index contributed by atoms with van der Waals surface area (Å²) in [6.45, 7) is 2.96. The number of hydrogen-bond acceptors (Lipinski definition) is 4. The first-order valence-corrected chi connectivity index (χ1v) is 8.62. The van der Waals surface area contributed by atoms with Crippen LogP contribution in [0.2, 0.25) is 0 Å². The Morgan fingerprint density at radius 3 is 2.65 bits per heavy atom. The van der Waals surface area contributed by atoms with Crippen LogP contribution in [-0.4, -0.2) is 29.0 Å². The van der Waals surface area contributed by atoms with Gasteiger partial charge in [-0.2, -0.15) is 0 Å². The van der Waals surface area contributed by atoms with Crippen molar-refractivity contribution in [2.75, 3.05) is 13.7 Å². The number of pyridine rings is 1. The minimum Gasteiger partial charge on any atom is -0.497 e. The van der Waals surface area contributed by atoms with E-state index in [0.717, 1.165) is 22.8 Å². The minimum absolute atomic E-state index is 0.00318. The molecule has 0 atom stereocenters. The summed E-state index contributed by atoms with van der Waals surface area (Å²) in [5.74, 6) is 1.56. The highest BCUT2D eigenvalue weighted by Gasteiger charge is 2.05. The molecule has 136 valence electrons. The highest BCUT2D eigenvalue weighted by Crippen LogP contribution is 2.17. The van der Waals surface area contributed by atoms with Crippen LogP contribution in [0.25, 0.3) is 5.65 Å². The number of aryl methyl sites for hydroxylation is 1. The molecule has 6 nitrogen and oxygen atoms in total. The molecule has 2 heterocycles. The van der Waals surface area contributed by atoms with E-state index in [2.05, 4.69) is 10.3 Å². The molecular formula is C20H23N3O3. The summed E-state index contributed by atoms with van der Waals surface area (Å²) in [7, 11) is 1.63. The lowest BCUT2D eigenvalue weighted by atomic mass is 10.3. The molecule has 0 bridgehead atoms. The van der Waals surface area contributed by atoms with Gasteiger partial charge in [-0.1, -0.05) is 6.07 Å². The van der Waals surface area contributed by atoms with Gasteiger partial charge in [-0.3, -0.25) is 4.79 Å². The average molecular weight is 353 g/mol. The Kier molecular flexibility index (Phi) is 5.73. The third-order valence-corrected chi connectivity index (χ3v) is 3.99. The molecule has 1 aromatic carbocycles. The van der Waals surface area contributed by atoms with Gasteiger partial charge in [0.15, 0.2) is 0 Å². The molecule has 0 unspecified atom stereocenters. The van der Waals surface area contributed by atoms with Crippen molar-refractivity contribution in [1.82, 2.24) is 14.7 Å². The second-order valence-electron chi connectivity index (χ2n) is 6.11. The molecule has 1 N–H and O–H groups in total. The van der Waals surface area contributed by atoms with Gasteiger partial charge in [-0.25, -0.2) is 4.98 Å². The molecule has 6 heteroatoms. The Hall–Kier alpha value is -3.02. The number of amides is 1. The van der Waals surface area contributed by atoms with E-state index >= 15 is 0 Å². The van der Waals surface area contributed by atoms with Crippen molar-refractivity contribution in [3.05, 3.63) is 60.0 Å². The van der Waals surface area contributed by atoms with E-state index in [0.29, 0.717) is 26.0 Å². The van der Waals surface area contributed by atoms with E-state index in [1.807, 2.05) is 60.1 Å². The molecule has 1 amide bonds. The summed E-state index contributed by atoms with van der Waals surface area (Å²) in [6.07, 6.45) is 5.03. The first-order chi connectivity index (χ1) is 12.6. The minimum atomic E-state index is -0.00318. The second-order valence-corrected chi connectivity index (χ2v) is 6.11. The lowest BCUT2D eigenvalue weighted by Crippen LogP contribution is -2.23. The van der Waals surface area contributed by atoms with Crippen molar-refractivity contribution < 1.29 is 14.3 Å². The van der Waals surface area contributed by atoms with Gasteiger partial charge in [0.25, 0.3) is 0 Å². The third kappa shape index (κ3) is 4.75. The summed E-state index contributed by atoms with van der Waals surface area (Å²) in [4.78, 5) is 16.5. The number of hydrogen-bond donors (Lipinski definition) is 1. The van der Waals surface area contributed by atoms with Crippen molar-refractivity contribution in [2.45, 2.75) is 26.3 Å². The van der Waals surface area contributed by atoms with Crippen molar-refractivity contribution in [3.63, 3.8) is 0 Å². The number of aromatic nitrogens is 2. The van der Waals surface area contributed by atoms with Crippen LogP contribution in [0.5, 0.6) is 11.5 Å². The largest absolute Gasteiger partial charge is 0.497 e. The van der Waals surface area contributed by atoms with E-state index in [9.17, 15) is 4.79 Å². The smallest absolute Gasteiger partial charge is 0.220 e. The van der Waals surface area contributed by atoms with E-state index in [-0.39, 0.29) is 5.91 Å². The summed E-state index contributed by atoms with van der Waals surface area (Å²) in [5, 5.41) is 2.90. The second kappa shape index (κ2) is 8.38. The molecule has 0 fully saturated rings. The highest BCUT2D eigenvalue weighted by atomic mass is 16.5. The van der Waals surface area contributed by atoms with Gasteiger partial charge in [0.2, 0.25) is 5.91 Å². The molecule has 0 radical (unpaired) electrons. The van der Waals surface area contributed by atoms with E-state index < -0.39 is 0 Å². The summed E-state index contributed by atoms with van der Waals surface area (Å²) in [5.41, 5.74) is 2.90. The molecule has 0 saturated heterocycles.